The summed E-state index contributed by atoms with van der Waals surface area (Å²) in [6.45, 7) is 5.84. The van der Waals surface area contributed by atoms with Crippen LogP contribution in [-0.4, -0.2) is 79.1 Å². The number of amides is 1. The lowest BCUT2D eigenvalue weighted by Gasteiger charge is -2.35. The molecule has 3 aromatic heterocycles. The molecule has 2 N–H and O–H groups in total. The molecule has 13 heteroatoms. The summed E-state index contributed by atoms with van der Waals surface area (Å²) in [5.41, 5.74) is 5.18. The Labute approximate surface area is 286 Å². The highest BCUT2D eigenvalue weighted by atomic mass is 35.5. The van der Waals surface area contributed by atoms with Crippen molar-refractivity contribution in [1.29, 1.82) is 0 Å². The number of β-amino-alcohol motifs (C(OH)–C–C–N with tert-alkyl or cyclic N) is 1. The Bertz CT molecular complexity index is 1900. The molecule has 1 amide bonds. The van der Waals surface area contributed by atoms with Crippen molar-refractivity contribution in [2.75, 3.05) is 42.9 Å². The molecule has 8 rings (SSSR count). The zero-order valence-corrected chi connectivity index (χ0v) is 28.2. The van der Waals surface area contributed by atoms with Crippen LogP contribution in [0.1, 0.15) is 43.1 Å². The summed E-state index contributed by atoms with van der Waals surface area (Å²) in [7, 11) is 0. The third-order valence-electron chi connectivity index (χ3n) is 9.85. The predicted octanol–water partition coefficient (Wildman–Crippen LogP) is 6.12. The van der Waals surface area contributed by atoms with Crippen LogP contribution in [0.3, 0.4) is 0 Å². The second-order valence-corrected chi connectivity index (χ2v) is 14.6. The zero-order valence-electron chi connectivity index (χ0n) is 25.9. The number of imidazole rings is 1. The molecule has 6 heterocycles. The van der Waals surface area contributed by atoms with E-state index in [-0.39, 0.29) is 12.0 Å². The maximum absolute atomic E-state index is 13.8. The molecule has 47 heavy (non-hydrogen) atoms. The Balaban J connectivity index is 1.04. The normalized spacial score (nSPS) is 19.5. The second kappa shape index (κ2) is 12.9. The van der Waals surface area contributed by atoms with Crippen LogP contribution >= 0.6 is 34.5 Å². The van der Waals surface area contributed by atoms with Crippen LogP contribution < -0.4 is 10.2 Å². The number of hydrogen-bond acceptors (Lipinski definition) is 8. The number of aryl methyl sites for hydroxylation is 1. The van der Waals surface area contributed by atoms with Gasteiger partial charge in [-0.05, 0) is 61.8 Å². The monoisotopic (exact) mass is 690 g/mol. The molecule has 0 saturated carbocycles. The Morgan fingerprint density at radius 3 is 2.66 bits per heavy atom. The van der Waals surface area contributed by atoms with E-state index in [0.717, 1.165) is 88.2 Å². The van der Waals surface area contributed by atoms with Crippen LogP contribution in [0.25, 0.3) is 22.0 Å². The van der Waals surface area contributed by atoms with E-state index >= 15 is 0 Å². The molecule has 0 bridgehead atoms. The number of aromatic nitrogens is 5. The highest BCUT2D eigenvalue weighted by Gasteiger charge is 2.32. The van der Waals surface area contributed by atoms with Gasteiger partial charge in [-0.25, -0.2) is 9.97 Å². The minimum absolute atomic E-state index is 0.158. The number of aliphatic hydroxyl groups excluding tert-OH is 1. The lowest BCUT2D eigenvalue weighted by Crippen LogP contribution is -2.38. The second-order valence-electron chi connectivity index (χ2n) is 12.9. The van der Waals surface area contributed by atoms with Crippen molar-refractivity contribution in [3.8, 4) is 11.1 Å². The number of carbonyl (C=O) groups excluding carboxylic acids is 1. The van der Waals surface area contributed by atoms with Crippen molar-refractivity contribution in [1.82, 2.24) is 29.2 Å². The molecule has 2 aromatic carbocycles. The Kier molecular flexibility index (Phi) is 8.43. The largest absolute Gasteiger partial charge is 0.392 e. The Morgan fingerprint density at radius 2 is 1.91 bits per heavy atom. The van der Waals surface area contributed by atoms with Crippen molar-refractivity contribution in [3.63, 3.8) is 0 Å². The van der Waals surface area contributed by atoms with Gasteiger partial charge in [0, 0.05) is 79.4 Å². The van der Waals surface area contributed by atoms with Gasteiger partial charge in [-0.1, -0.05) is 35.3 Å². The highest BCUT2D eigenvalue weighted by molar-refractivity contribution is 7.13. The number of halogens is 2. The van der Waals surface area contributed by atoms with Gasteiger partial charge in [0.05, 0.1) is 28.2 Å². The third kappa shape index (κ3) is 6.04. The van der Waals surface area contributed by atoms with E-state index in [1.807, 2.05) is 11.4 Å². The summed E-state index contributed by atoms with van der Waals surface area (Å²) in [5, 5.41) is 21.7. The first-order chi connectivity index (χ1) is 22.9. The molecule has 10 nitrogen and oxygen atoms in total. The van der Waals surface area contributed by atoms with E-state index in [4.69, 9.17) is 28.3 Å². The molecule has 2 saturated heterocycles. The number of aliphatic hydroxyl groups is 1. The first-order valence-corrected chi connectivity index (χ1v) is 17.9. The molecule has 2 unspecified atom stereocenters. The fraction of sp³-hybridized carbons (Fsp3) is 0.412. The summed E-state index contributed by atoms with van der Waals surface area (Å²) >= 11 is 15.3. The molecule has 0 aliphatic carbocycles. The number of thiazole rings is 1. The van der Waals surface area contributed by atoms with Crippen LogP contribution in [0.5, 0.6) is 0 Å². The number of hydrogen-bond donors (Lipinski definition) is 2. The van der Waals surface area contributed by atoms with Crippen LogP contribution in [0.2, 0.25) is 10.0 Å². The van der Waals surface area contributed by atoms with Gasteiger partial charge in [0.1, 0.15) is 5.52 Å². The zero-order chi connectivity index (χ0) is 32.1. The number of benzene rings is 2. The molecule has 244 valence electrons. The van der Waals surface area contributed by atoms with E-state index in [0.29, 0.717) is 37.7 Å². The van der Waals surface area contributed by atoms with Crippen molar-refractivity contribution in [3.05, 3.63) is 75.9 Å². The fourth-order valence-electron chi connectivity index (χ4n) is 7.40. The van der Waals surface area contributed by atoms with Gasteiger partial charge in [-0.2, -0.15) is 5.10 Å². The topological polar surface area (TPSA) is 104 Å². The van der Waals surface area contributed by atoms with E-state index < -0.39 is 6.04 Å². The van der Waals surface area contributed by atoms with Crippen molar-refractivity contribution in [2.45, 2.75) is 50.8 Å². The SMILES string of the molecule is O=C(Nc1nccs1)C(c1ncn2c1CCC2)n1cc2c(Cl)cc(-c3ccc(N4CCC(CN5CCC(O)C5)CC4)cc3)c(Cl)c2n1. The predicted molar refractivity (Wildman–Crippen MR) is 187 cm³/mol. The lowest BCUT2D eigenvalue weighted by molar-refractivity contribution is -0.118. The van der Waals surface area contributed by atoms with E-state index in [9.17, 15) is 9.90 Å². The summed E-state index contributed by atoms with van der Waals surface area (Å²) < 4.78 is 3.74. The number of nitrogens with one attached hydrogen (secondary N) is 1. The van der Waals surface area contributed by atoms with E-state index in [1.165, 1.54) is 17.0 Å². The van der Waals surface area contributed by atoms with Crippen LogP contribution in [0.4, 0.5) is 10.8 Å². The van der Waals surface area contributed by atoms with Crippen LogP contribution in [-0.2, 0) is 17.8 Å². The van der Waals surface area contributed by atoms with Gasteiger partial charge in [-0.3, -0.25) is 14.8 Å². The quantitative estimate of drug-likeness (QED) is 0.202. The molecular weight excluding hydrogens is 655 g/mol. The lowest BCUT2D eigenvalue weighted by atomic mass is 9.95. The average molecular weight is 692 g/mol. The van der Waals surface area contributed by atoms with Gasteiger partial charge in [-0.15, -0.1) is 11.3 Å². The van der Waals surface area contributed by atoms with Gasteiger partial charge < -0.3 is 19.5 Å². The number of carbonyl (C=O) groups is 1. The Hall–Kier alpha value is -3.48. The maximum atomic E-state index is 13.8. The number of rotatable bonds is 8. The van der Waals surface area contributed by atoms with Gasteiger partial charge in [0.2, 0.25) is 0 Å². The number of anilines is 2. The molecule has 3 aliphatic rings. The highest BCUT2D eigenvalue weighted by Crippen LogP contribution is 2.40. The van der Waals surface area contributed by atoms with Gasteiger partial charge in [0.25, 0.3) is 5.91 Å². The van der Waals surface area contributed by atoms with Crippen LogP contribution in [0, 0.1) is 5.92 Å². The van der Waals surface area contributed by atoms with Crippen molar-refractivity contribution >= 4 is 62.2 Å². The summed E-state index contributed by atoms with van der Waals surface area (Å²) in [6.07, 6.45) is 10.1. The van der Waals surface area contributed by atoms with Crippen molar-refractivity contribution < 1.29 is 9.90 Å². The first kappa shape index (κ1) is 30.8. The van der Waals surface area contributed by atoms with Crippen LogP contribution in [0.15, 0.2) is 54.4 Å². The number of likely N-dealkylation sites (tertiary alicyclic amines) is 1. The summed E-state index contributed by atoms with van der Waals surface area (Å²) in [6, 6.07) is 9.54. The van der Waals surface area contributed by atoms with E-state index in [2.05, 4.69) is 53.9 Å². The fourth-order valence-corrected chi connectivity index (χ4v) is 8.48. The standard InChI is InChI=1S/C34H36Cl2N8O2S/c35-27-16-25(22-3-5-23(6-4-22)42-13-7-21(8-14-42)17-41-12-9-24(45)18-41)29(36)30-26(27)19-44(40-30)32(33(46)39-34-37-10-15-47-34)31-28-2-1-11-43(28)20-38-31/h3-6,10,15-16,19-21,24,32,45H,1-2,7-9,11-14,17-18H2,(H,37,39,46). The first-order valence-electron chi connectivity index (χ1n) is 16.3. The van der Waals surface area contributed by atoms with Gasteiger partial charge in [0.15, 0.2) is 11.2 Å². The summed E-state index contributed by atoms with van der Waals surface area (Å²) in [5.74, 6) is 0.402. The minimum Gasteiger partial charge on any atom is -0.392 e. The summed E-state index contributed by atoms with van der Waals surface area (Å²) in [4.78, 5) is 27.5. The Morgan fingerprint density at radius 1 is 1.09 bits per heavy atom. The van der Waals surface area contributed by atoms with E-state index in [1.54, 1.807) is 23.4 Å². The molecular formula is C34H36Cl2N8O2S. The third-order valence-corrected chi connectivity index (χ3v) is 11.2. The maximum Gasteiger partial charge on any atom is 0.257 e. The molecule has 0 radical (unpaired) electrons. The number of fused-ring (bicyclic) bond motifs is 2. The molecule has 5 aromatic rings. The molecule has 2 fully saturated rings. The number of nitrogens with zero attached hydrogens (tertiary/aromatic N) is 7. The smallest absolute Gasteiger partial charge is 0.257 e. The number of piperidine rings is 1. The minimum atomic E-state index is -0.818. The molecule has 0 spiro atoms. The molecule has 2 atom stereocenters. The van der Waals surface area contributed by atoms with Gasteiger partial charge >= 0.3 is 0 Å². The van der Waals surface area contributed by atoms with Crippen molar-refractivity contribution in [2.24, 2.45) is 5.92 Å². The average Bonchev–Trinajstić information content (AvgIpc) is 3.91. The molecule has 3 aliphatic heterocycles.